The molecular formula is C20H30N2O5. The summed E-state index contributed by atoms with van der Waals surface area (Å²) in [5.41, 5.74) is 0.817. The smallest absolute Gasteiger partial charge is 0.328 e. The van der Waals surface area contributed by atoms with E-state index in [1.807, 2.05) is 30.3 Å². The number of rotatable bonds is 7. The molecular weight excluding hydrogens is 348 g/mol. The Balaban J connectivity index is 2.34. The largest absolute Gasteiger partial charge is 0.467 e. The maximum Gasteiger partial charge on any atom is 0.328 e. The van der Waals surface area contributed by atoms with Crippen molar-refractivity contribution in [1.29, 1.82) is 0 Å². The Bertz CT molecular complexity index is 642. The summed E-state index contributed by atoms with van der Waals surface area (Å²) in [6, 6.07) is 7.91. The van der Waals surface area contributed by atoms with Crippen molar-refractivity contribution in [3.8, 4) is 0 Å². The molecule has 1 aliphatic rings. The number of nitrogens with zero attached hydrogens (tertiary/aromatic N) is 1. The minimum Gasteiger partial charge on any atom is -0.467 e. The van der Waals surface area contributed by atoms with Crippen LogP contribution in [0.25, 0.3) is 0 Å². The normalized spacial score (nSPS) is 21.6. The first-order valence-electron chi connectivity index (χ1n) is 9.18. The molecule has 27 heavy (non-hydrogen) atoms. The summed E-state index contributed by atoms with van der Waals surface area (Å²) in [6.45, 7) is 6.15. The highest BCUT2D eigenvalue weighted by molar-refractivity contribution is 5.89. The zero-order valence-electron chi connectivity index (χ0n) is 16.4. The first-order chi connectivity index (χ1) is 12.6. The third kappa shape index (κ3) is 5.76. The molecule has 1 unspecified atom stereocenters. The molecule has 7 heteroatoms. The summed E-state index contributed by atoms with van der Waals surface area (Å²) in [5, 5.41) is 21.8. The SMILES string of the molecule is COC(=O)C(Cc1ccccc1)N1C(=O)[C@H](CC(O)O)N[C@@H]1CC(C)(C)C. The van der Waals surface area contributed by atoms with Crippen molar-refractivity contribution in [2.24, 2.45) is 5.41 Å². The van der Waals surface area contributed by atoms with Crippen LogP contribution < -0.4 is 5.32 Å². The molecule has 0 aliphatic carbocycles. The van der Waals surface area contributed by atoms with Crippen LogP contribution in [0, 0.1) is 5.41 Å². The van der Waals surface area contributed by atoms with Crippen LogP contribution in [0.3, 0.4) is 0 Å². The number of carbonyl (C=O) groups excluding carboxylic acids is 2. The number of ether oxygens (including phenoxy) is 1. The zero-order chi connectivity index (χ0) is 20.2. The van der Waals surface area contributed by atoms with E-state index in [1.54, 1.807) is 0 Å². The maximum atomic E-state index is 13.0. The van der Waals surface area contributed by atoms with Crippen molar-refractivity contribution >= 4 is 11.9 Å². The fraction of sp³-hybridized carbons (Fsp3) is 0.600. The minimum absolute atomic E-state index is 0.101. The van der Waals surface area contributed by atoms with Gasteiger partial charge in [-0.15, -0.1) is 0 Å². The molecule has 0 bridgehead atoms. The number of methoxy groups -OCH3 is 1. The zero-order valence-corrected chi connectivity index (χ0v) is 16.4. The lowest BCUT2D eigenvalue weighted by molar-refractivity contribution is -0.153. The van der Waals surface area contributed by atoms with Crippen LogP contribution in [0.15, 0.2) is 30.3 Å². The molecule has 150 valence electrons. The molecule has 0 spiro atoms. The number of aliphatic hydroxyl groups is 2. The van der Waals surface area contributed by atoms with Crippen LogP contribution in [-0.4, -0.2) is 58.6 Å². The molecule has 2 rings (SSSR count). The van der Waals surface area contributed by atoms with Gasteiger partial charge < -0.3 is 19.8 Å². The molecule has 1 saturated heterocycles. The molecule has 1 amide bonds. The highest BCUT2D eigenvalue weighted by Crippen LogP contribution is 2.29. The average molecular weight is 378 g/mol. The predicted octanol–water partition coefficient (Wildman–Crippen LogP) is 1.03. The van der Waals surface area contributed by atoms with E-state index < -0.39 is 30.5 Å². The predicted molar refractivity (Wildman–Crippen MR) is 100 cm³/mol. The Hall–Kier alpha value is -1.96. The van der Waals surface area contributed by atoms with Gasteiger partial charge in [-0.25, -0.2) is 4.79 Å². The summed E-state index contributed by atoms with van der Waals surface area (Å²) in [4.78, 5) is 27.1. The highest BCUT2D eigenvalue weighted by atomic mass is 16.5. The number of hydrogen-bond acceptors (Lipinski definition) is 6. The van der Waals surface area contributed by atoms with Crippen LogP contribution in [-0.2, 0) is 20.7 Å². The molecule has 1 aromatic carbocycles. The Morgan fingerprint density at radius 1 is 1.26 bits per heavy atom. The molecule has 1 fully saturated rings. The second-order valence-electron chi connectivity index (χ2n) is 8.19. The first-order valence-corrected chi connectivity index (χ1v) is 9.18. The van der Waals surface area contributed by atoms with Gasteiger partial charge in [0.15, 0.2) is 6.29 Å². The lowest BCUT2D eigenvalue weighted by atomic mass is 9.90. The van der Waals surface area contributed by atoms with E-state index in [9.17, 15) is 19.8 Å². The Morgan fingerprint density at radius 3 is 2.41 bits per heavy atom. The number of carbonyl (C=O) groups is 2. The van der Waals surface area contributed by atoms with E-state index in [2.05, 4.69) is 26.1 Å². The van der Waals surface area contributed by atoms with Gasteiger partial charge in [-0.05, 0) is 17.4 Å². The standard InChI is InChI=1S/C20H30N2O5/c1-20(2,3)12-16-21-14(11-17(23)24)18(25)22(16)15(19(26)27-4)10-13-8-6-5-7-9-13/h5-9,14-17,21,23-24H,10-12H2,1-4H3/t14-,15?,16-/m0/s1. The second-order valence-corrected chi connectivity index (χ2v) is 8.19. The van der Waals surface area contributed by atoms with E-state index in [0.29, 0.717) is 12.8 Å². The molecule has 0 radical (unpaired) electrons. The molecule has 3 atom stereocenters. The number of benzene rings is 1. The van der Waals surface area contributed by atoms with Crippen molar-refractivity contribution in [1.82, 2.24) is 10.2 Å². The number of aliphatic hydroxyl groups excluding tert-OH is 1. The first kappa shape index (κ1) is 21.3. The minimum atomic E-state index is -1.60. The number of nitrogens with one attached hydrogen (secondary N) is 1. The van der Waals surface area contributed by atoms with Gasteiger partial charge >= 0.3 is 5.97 Å². The van der Waals surface area contributed by atoms with Crippen molar-refractivity contribution in [2.45, 2.75) is 64.6 Å². The molecule has 7 nitrogen and oxygen atoms in total. The molecule has 1 aromatic rings. The number of hydrogen-bond donors (Lipinski definition) is 3. The summed E-state index contributed by atoms with van der Waals surface area (Å²) in [5.74, 6) is -0.804. The van der Waals surface area contributed by atoms with E-state index in [4.69, 9.17) is 4.74 Å². The molecule has 3 N–H and O–H groups in total. The lowest BCUT2D eigenvalue weighted by Gasteiger charge is -2.34. The van der Waals surface area contributed by atoms with Gasteiger partial charge in [0.05, 0.1) is 19.3 Å². The monoisotopic (exact) mass is 378 g/mol. The van der Waals surface area contributed by atoms with Crippen molar-refractivity contribution in [3.05, 3.63) is 35.9 Å². The molecule has 0 saturated carbocycles. The quantitative estimate of drug-likeness (QED) is 0.484. The van der Waals surface area contributed by atoms with Crippen LogP contribution in [0.2, 0.25) is 0 Å². The van der Waals surface area contributed by atoms with Gasteiger partial charge in [-0.1, -0.05) is 51.1 Å². The molecule has 0 aromatic heterocycles. The maximum absolute atomic E-state index is 13.0. The highest BCUT2D eigenvalue weighted by Gasteiger charge is 2.46. The summed E-state index contributed by atoms with van der Waals surface area (Å²) < 4.78 is 4.98. The van der Waals surface area contributed by atoms with Crippen LogP contribution >= 0.6 is 0 Å². The summed E-state index contributed by atoms with van der Waals surface area (Å²) in [7, 11) is 1.31. The van der Waals surface area contributed by atoms with Gasteiger partial charge in [0, 0.05) is 12.8 Å². The molecule has 1 heterocycles. The van der Waals surface area contributed by atoms with Gasteiger partial charge in [0.2, 0.25) is 5.91 Å². The van der Waals surface area contributed by atoms with Gasteiger partial charge in [-0.3, -0.25) is 10.1 Å². The third-order valence-electron chi connectivity index (χ3n) is 4.62. The van der Waals surface area contributed by atoms with Gasteiger partial charge in [-0.2, -0.15) is 0 Å². The fourth-order valence-corrected chi connectivity index (χ4v) is 3.47. The number of amides is 1. The Morgan fingerprint density at radius 2 is 1.89 bits per heavy atom. The van der Waals surface area contributed by atoms with Crippen LogP contribution in [0.4, 0.5) is 0 Å². The topological polar surface area (TPSA) is 99.1 Å². The summed E-state index contributed by atoms with van der Waals surface area (Å²) in [6.07, 6.45) is -1.19. The average Bonchev–Trinajstić information content (AvgIpc) is 2.86. The second kappa shape index (κ2) is 8.82. The lowest BCUT2D eigenvalue weighted by Crippen LogP contribution is -2.51. The Kier molecular flexibility index (Phi) is 6.97. The molecule has 1 aliphatic heterocycles. The number of esters is 1. The van der Waals surface area contributed by atoms with Crippen molar-refractivity contribution in [3.63, 3.8) is 0 Å². The van der Waals surface area contributed by atoms with Crippen molar-refractivity contribution in [2.75, 3.05) is 7.11 Å². The van der Waals surface area contributed by atoms with Crippen LogP contribution in [0.5, 0.6) is 0 Å². The van der Waals surface area contributed by atoms with E-state index >= 15 is 0 Å². The Labute approximate surface area is 160 Å². The fourth-order valence-electron chi connectivity index (χ4n) is 3.47. The van der Waals surface area contributed by atoms with Crippen LogP contribution in [0.1, 0.15) is 39.2 Å². The van der Waals surface area contributed by atoms with Gasteiger partial charge in [0.25, 0.3) is 0 Å². The van der Waals surface area contributed by atoms with E-state index in [1.165, 1.54) is 12.0 Å². The third-order valence-corrected chi connectivity index (χ3v) is 4.62. The summed E-state index contributed by atoms with van der Waals surface area (Å²) >= 11 is 0. The van der Waals surface area contributed by atoms with E-state index in [0.717, 1.165) is 5.56 Å². The van der Waals surface area contributed by atoms with Crippen molar-refractivity contribution < 1.29 is 24.5 Å². The van der Waals surface area contributed by atoms with E-state index in [-0.39, 0.29) is 17.7 Å². The van der Waals surface area contributed by atoms with Gasteiger partial charge in [0.1, 0.15) is 6.04 Å².